The summed E-state index contributed by atoms with van der Waals surface area (Å²) in [4.78, 5) is 0. The van der Waals surface area contributed by atoms with Gasteiger partial charge in [0, 0.05) is 6.42 Å². The Kier molecular flexibility index (Phi) is 3.62. The zero-order chi connectivity index (χ0) is 11.6. The van der Waals surface area contributed by atoms with Crippen molar-refractivity contribution in [2.45, 2.75) is 25.9 Å². The lowest BCUT2D eigenvalue weighted by molar-refractivity contribution is 0.0809. The maximum atomic E-state index is 9.68. The van der Waals surface area contributed by atoms with Crippen molar-refractivity contribution >= 4 is 15.9 Å². The molecule has 0 aliphatic carbocycles. The molecule has 0 radical (unpaired) electrons. The third kappa shape index (κ3) is 3.39. The normalized spacial score (nSPS) is 11.5. The van der Waals surface area contributed by atoms with E-state index >= 15 is 0 Å². The zero-order valence-electron chi connectivity index (χ0n) is 9.04. The van der Waals surface area contributed by atoms with Gasteiger partial charge in [-0.1, -0.05) is 0 Å². The molecule has 1 aromatic carbocycles. The quantitative estimate of drug-likeness (QED) is 0.891. The molecule has 2 N–H and O–H groups in total. The molecule has 0 heterocycles. The van der Waals surface area contributed by atoms with Crippen molar-refractivity contribution in [1.82, 2.24) is 0 Å². The van der Waals surface area contributed by atoms with Crippen LogP contribution in [-0.4, -0.2) is 22.9 Å². The highest BCUT2D eigenvalue weighted by Gasteiger charge is 2.16. The number of benzene rings is 1. The second kappa shape index (κ2) is 4.41. The van der Waals surface area contributed by atoms with E-state index in [2.05, 4.69) is 15.9 Å². The average Bonchev–Trinajstić information content (AvgIpc) is 2.08. The molecule has 4 heteroatoms. The predicted molar refractivity (Wildman–Crippen MR) is 62.4 cm³/mol. The molecule has 0 atom stereocenters. The van der Waals surface area contributed by atoms with Crippen LogP contribution in [0.2, 0.25) is 0 Å². The van der Waals surface area contributed by atoms with Crippen LogP contribution in [-0.2, 0) is 6.42 Å². The molecule has 15 heavy (non-hydrogen) atoms. The Bertz CT molecular complexity index is 356. The number of methoxy groups -OCH3 is 1. The first-order chi connectivity index (χ1) is 6.83. The number of halogens is 1. The second-order valence-corrected chi connectivity index (χ2v) is 4.97. The fourth-order valence-electron chi connectivity index (χ4n) is 1.38. The summed E-state index contributed by atoms with van der Waals surface area (Å²) in [5.41, 5.74) is 0.130. The van der Waals surface area contributed by atoms with E-state index in [1.165, 1.54) is 7.11 Å². The maximum Gasteiger partial charge on any atom is 0.172 e. The van der Waals surface area contributed by atoms with E-state index in [1.54, 1.807) is 26.0 Å². The minimum atomic E-state index is -0.776. The molecular formula is C11H15BrO3. The number of rotatable bonds is 3. The molecule has 1 aromatic rings. The summed E-state index contributed by atoms with van der Waals surface area (Å²) in [5.74, 6) is 0.487. The molecule has 0 amide bonds. The average molecular weight is 275 g/mol. The number of hydrogen-bond donors (Lipinski definition) is 2. The summed E-state index contributed by atoms with van der Waals surface area (Å²) < 4.78 is 5.59. The van der Waals surface area contributed by atoms with Crippen LogP contribution in [0.15, 0.2) is 16.6 Å². The lowest BCUT2D eigenvalue weighted by Crippen LogP contribution is -2.21. The van der Waals surface area contributed by atoms with Crippen LogP contribution >= 0.6 is 15.9 Å². The number of aliphatic hydroxyl groups is 1. The highest BCUT2D eigenvalue weighted by molar-refractivity contribution is 9.10. The monoisotopic (exact) mass is 274 g/mol. The van der Waals surface area contributed by atoms with E-state index in [9.17, 15) is 10.2 Å². The van der Waals surface area contributed by atoms with Crippen molar-refractivity contribution in [2.75, 3.05) is 7.11 Å². The minimum Gasteiger partial charge on any atom is -0.503 e. The van der Waals surface area contributed by atoms with Gasteiger partial charge in [-0.05, 0) is 47.5 Å². The summed E-state index contributed by atoms with van der Waals surface area (Å²) in [6.07, 6.45) is 0.502. The van der Waals surface area contributed by atoms with Crippen LogP contribution < -0.4 is 4.74 Å². The SMILES string of the molecule is COc1cc(CC(C)(C)O)cc(Br)c1O. The Hall–Kier alpha value is -0.740. The summed E-state index contributed by atoms with van der Waals surface area (Å²) in [6.45, 7) is 3.47. The van der Waals surface area contributed by atoms with Crippen molar-refractivity contribution in [3.63, 3.8) is 0 Å². The standard InChI is InChI=1S/C11H15BrO3/c1-11(2,14)6-7-4-8(12)10(13)9(5-7)15-3/h4-5,13-14H,6H2,1-3H3. The van der Waals surface area contributed by atoms with E-state index in [0.717, 1.165) is 5.56 Å². The first-order valence-electron chi connectivity index (χ1n) is 4.61. The van der Waals surface area contributed by atoms with Crippen LogP contribution in [0.25, 0.3) is 0 Å². The second-order valence-electron chi connectivity index (χ2n) is 4.12. The molecule has 0 aliphatic rings. The predicted octanol–water partition coefficient (Wildman–Crippen LogP) is 2.48. The lowest BCUT2D eigenvalue weighted by Gasteiger charge is -2.18. The van der Waals surface area contributed by atoms with Gasteiger partial charge in [0.25, 0.3) is 0 Å². The first-order valence-corrected chi connectivity index (χ1v) is 5.40. The number of hydrogen-bond acceptors (Lipinski definition) is 3. The molecule has 0 bridgehead atoms. The fraction of sp³-hybridized carbons (Fsp3) is 0.455. The van der Waals surface area contributed by atoms with Gasteiger partial charge in [-0.15, -0.1) is 0 Å². The van der Waals surface area contributed by atoms with Crippen LogP contribution in [0.3, 0.4) is 0 Å². The molecule has 1 rings (SSSR count). The Labute approximate surface area is 97.8 Å². The summed E-state index contributed by atoms with van der Waals surface area (Å²) in [5, 5.41) is 19.3. The molecule has 0 spiro atoms. The minimum absolute atomic E-state index is 0.0806. The molecule has 0 aliphatic heterocycles. The van der Waals surface area contributed by atoms with E-state index in [1.807, 2.05) is 0 Å². The first kappa shape index (κ1) is 12.3. The highest BCUT2D eigenvalue weighted by Crippen LogP contribution is 2.35. The van der Waals surface area contributed by atoms with E-state index in [-0.39, 0.29) is 5.75 Å². The Morgan fingerprint density at radius 1 is 1.40 bits per heavy atom. The number of phenolic OH excluding ortho intramolecular Hbond substituents is 1. The topological polar surface area (TPSA) is 49.7 Å². The molecule has 3 nitrogen and oxygen atoms in total. The maximum absolute atomic E-state index is 9.68. The van der Waals surface area contributed by atoms with Crippen molar-refractivity contribution in [2.24, 2.45) is 0 Å². The van der Waals surface area contributed by atoms with Crippen LogP contribution in [0.5, 0.6) is 11.5 Å². The largest absolute Gasteiger partial charge is 0.503 e. The van der Waals surface area contributed by atoms with Gasteiger partial charge in [0.05, 0.1) is 17.2 Å². The van der Waals surface area contributed by atoms with Crippen molar-refractivity contribution in [3.05, 3.63) is 22.2 Å². The summed E-state index contributed by atoms with van der Waals surface area (Å²) >= 11 is 3.23. The number of ether oxygens (including phenoxy) is 1. The van der Waals surface area contributed by atoms with Gasteiger partial charge >= 0.3 is 0 Å². The molecule has 0 saturated carbocycles. The van der Waals surface area contributed by atoms with E-state index in [4.69, 9.17) is 4.74 Å². The van der Waals surface area contributed by atoms with Crippen molar-refractivity contribution in [3.8, 4) is 11.5 Å². The van der Waals surface area contributed by atoms with Gasteiger partial charge in [-0.2, -0.15) is 0 Å². The molecule has 0 unspecified atom stereocenters. The van der Waals surface area contributed by atoms with Gasteiger partial charge < -0.3 is 14.9 Å². The van der Waals surface area contributed by atoms with Gasteiger partial charge in [0.15, 0.2) is 11.5 Å². The number of aromatic hydroxyl groups is 1. The Morgan fingerprint density at radius 2 is 2.00 bits per heavy atom. The zero-order valence-corrected chi connectivity index (χ0v) is 10.6. The highest BCUT2D eigenvalue weighted by atomic mass is 79.9. The molecule has 0 aromatic heterocycles. The summed E-state index contributed by atoms with van der Waals surface area (Å²) in [6, 6.07) is 3.49. The van der Waals surface area contributed by atoms with E-state index < -0.39 is 5.60 Å². The van der Waals surface area contributed by atoms with Crippen molar-refractivity contribution in [1.29, 1.82) is 0 Å². The van der Waals surface area contributed by atoms with Gasteiger partial charge in [-0.3, -0.25) is 0 Å². The van der Waals surface area contributed by atoms with Gasteiger partial charge in [0.1, 0.15) is 0 Å². The molecular weight excluding hydrogens is 260 g/mol. The Balaban J connectivity index is 3.06. The molecule has 0 saturated heterocycles. The van der Waals surface area contributed by atoms with Gasteiger partial charge in [-0.25, -0.2) is 0 Å². The third-order valence-corrected chi connectivity index (χ3v) is 2.55. The van der Waals surface area contributed by atoms with Crippen molar-refractivity contribution < 1.29 is 14.9 Å². The molecule has 84 valence electrons. The number of phenols is 1. The smallest absolute Gasteiger partial charge is 0.172 e. The Morgan fingerprint density at radius 3 is 2.47 bits per heavy atom. The third-order valence-electron chi connectivity index (χ3n) is 1.94. The van der Waals surface area contributed by atoms with Crippen LogP contribution in [0, 0.1) is 0 Å². The fourth-order valence-corrected chi connectivity index (χ4v) is 1.87. The van der Waals surface area contributed by atoms with E-state index in [0.29, 0.717) is 16.6 Å². The van der Waals surface area contributed by atoms with Crippen LogP contribution in [0.4, 0.5) is 0 Å². The van der Waals surface area contributed by atoms with Gasteiger partial charge in [0.2, 0.25) is 0 Å². The van der Waals surface area contributed by atoms with Crippen LogP contribution in [0.1, 0.15) is 19.4 Å². The summed E-state index contributed by atoms with van der Waals surface area (Å²) in [7, 11) is 1.50. The lowest BCUT2D eigenvalue weighted by atomic mass is 9.98. The molecule has 0 fully saturated rings.